The van der Waals surface area contributed by atoms with Crippen LogP contribution in [0.2, 0.25) is 0 Å². The minimum atomic E-state index is -1.60. The van der Waals surface area contributed by atoms with E-state index in [1.54, 1.807) is 6.08 Å². The van der Waals surface area contributed by atoms with Crippen molar-refractivity contribution < 1.29 is 49.3 Å². The lowest BCUT2D eigenvalue weighted by atomic mass is 9.99. The fourth-order valence-electron chi connectivity index (χ4n) is 9.48. The maximum atomic E-state index is 13.4. The Kier molecular flexibility index (Phi) is 44.9. The minimum Gasteiger partial charge on any atom is -0.454 e. The molecule has 1 fully saturated rings. The summed E-state index contributed by atoms with van der Waals surface area (Å²) >= 11 is 0. The molecule has 0 aromatic carbocycles. The summed E-state index contributed by atoms with van der Waals surface area (Å²) in [6.07, 6.45) is 41.1. The number of allylic oxidation sites excluding steroid dienone is 1. The van der Waals surface area contributed by atoms with Crippen LogP contribution in [0.5, 0.6) is 0 Å². The van der Waals surface area contributed by atoms with Crippen molar-refractivity contribution in [2.75, 3.05) is 13.2 Å². The van der Waals surface area contributed by atoms with Gasteiger partial charge in [-0.3, -0.25) is 9.59 Å². The van der Waals surface area contributed by atoms with Crippen LogP contribution < -0.4 is 5.32 Å². The molecule has 408 valence electrons. The summed E-state index contributed by atoms with van der Waals surface area (Å²) in [6, 6.07) is -1.01. The molecule has 0 spiro atoms. The van der Waals surface area contributed by atoms with E-state index >= 15 is 0 Å². The molecule has 0 saturated carbocycles. The van der Waals surface area contributed by atoms with Crippen LogP contribution in [0.1, 0.15) is 284 Å². The Labute approximate surface area is 423 Å². The zero-order valence-electron chi connectivity index (χ0n) is 45.0. The Hall–Kier alpha value is -1.60. The molecule has 1 aliphatic rings. The predicted octanol–water partition coefficient (Wildman–Crippen LogP) is 13.2. The summed E-state index contributed by atoms with van der Waals surface area (Å²) in [5, 5.41) is 56.8. The minimum absolute atomic E-state index is 0.131. The highest BCUT2D eigenvalue weighted by atomic mass is 16.7. The third kappa shape index (κ3) is 36.1. The summed E-state index contributed by atoms with van der Waals surface area (Å²) in [4.78, 5) is 26.4. The zero-order valence-corrected chi connectivity index (χ0v) is 45.0. The van der Waals surface area contributed by atoms with Crippen molar-refractivity contribution in [3.8, 4) is 0 Å². The van der Waals surface area contributed by atoms with Crippen molar-refractivity contribution in [2.24, 2.45) is 0 Å². The third-order valence-corrected chi connectivity index (χ3v) is 14.2. The molecular weight excluding hydrogens is 871 g/mol. The molecule has 1 saturated heterocycles. The standard InChI is InChI=1S/C58H111NO10/c1-4-7-10-13-16-19-22-24-25-26-28-30-33-36-39-42-45-51(62)57(66)59-49(50(61)44-41-38-35-32-29-21-18-15-12-9-6-3)48-67-58-56(55(65)54(64)52(47-60)68-58)69-53(63)46-43-40-37-34-31-27-23-20-17-14-11-8-5-2/h41,44,49-52,54-56,58,60-62,64-65H,4-40,42-43,45-48H2,1-3H3,(H,59,66)/b44-41+. The van der Waals surface area contributed by atoms with E-state index in [1.807, 2.05) is 6.08 Å². The van der Waals surface area contributed by atoms with Gasteiger partial charge in [0.2, 0.25) is 5.91 Å². The van der Waals surface area contributed by atoms with Crippen molar-refractivity contribution in [1.29, 1.82) is 0 Å². The second-order valence-electron chi connectivity index (χ2n) is 20.7. The van der Waals surface area contributed by atoms with E-state index in [2.05, 4.69) is 26.1 Å². The van der Waals surface area contributed by atoms with Gasteiger partial charge < -0.3 is 45.1 Å². The van der Waals surface area contributed by atoms with Crippen LogP contribution in [0.15, 0.2) is 12.2 Å². The Balaban J connectivity index is 2.69. The molecule has 11 heteroatoms. The van der Waals surface area contributed by atoms with Gasteiger partial charge in [0.05, 0.1) is 25.4 Å². The number of carbonyl (C=O) groups is 2. The van der Waals surface area contributed by atoms with E-state index in [9.17, 15) is 35.1 Å². The molecule has 0 aromatic heterocycles. The van der Waals surface area contributed by atoms with Gasteiger partial charge in [-0.1, -0.05) is 264 Å². The quantitative estimate of drug-likeness (QED) is 0.0195. The molecule has 6 N–H and O–H groups in total. The first-order valence-corrected chi connectivity index (χ1v) is 29.5. The smallest absolute Gasteiger partial charge is 0.306 e. The number of unbranched alkanes of at least 4 members (excludes halogenated alkanes) is 36. The Bertz CT molecular complexity index is 1170. The number of carbonyl (C=O) groups excluding carboxylic acids is 2. The van der Waals surface area contributed by atoms with E-state index in [0.29, 0.717) is 19.3 Å². The molecular formula is C58H111NO10. The molecule has 8 unspecified atom stereocenters. The monoisotopic (exact) mass is 982 g/mol. The van der Waals surface area contributed by atoms with Gasteiger partial charge in [-0.25, -0.2) is 0 Å². The number of esters is 1. The van der Waals surface area contributed by atoms with Gasteiger partial charge in [0, 0.05) is 6.42 Å². The van der Waals surface area contributed by atoms with E-state index in [4.69, 9.17) is 14.2 Å². The van der Waals surface area contributed by atoms with Crippen molar-refractivity contribution >= 4 is 11.9 Å². The number of amides is 1. The average molecular weight is 983 g/mol. The van der Waals surface area contributed by atoms with Gasteiger partial charge in [0.1, 0.15) is 24.4 Å². The molecule has 0 bridgehead atoms. The SMILES string of the molecule is CCCCCCCCCCC/C=C/C(O)C(COC1OC(CO)C(O)C(O)C1OC(=O)CCCCCCCCCCCCCCC)NC(=O)C(O)CCCCCCCCCCCCCCCCCC. The highest BCUT2D eigenvalue weighted by Crippen LogP contribution is 2.26. The number of aliphatic hydroxyl groups is 5. The van der Waals surface area contributed by atoms with Crippen molar-refractivity contribution in [3.63, 3.8) is 0 Å². The van der Waals surface area contributed by atoms with Gasteiger partial charge in [-0.2, -0.15) is 0 Å². The first-order chi connectivity index (χ1) is 33.7. The fourth-order valence-corrected chi connectivity index (χ4v) is 9.48. The molecule has 0 radical (unpaired) electrons. The number of aliphatic hydroxyl groups excluding tert-OH is 5. The van der Waals surface area contributed by atoms with E-state index in [0.717, 1.165) is 57.8 Å². The summed E-state index contributed by atoms with van der Waals surface area (Å²) in [6.45, 7) is 5.79. The van der Waals surface area contributed by atoms with Gasteiger partial charge in [0.15, 0.2) is 12.4 Å². The number of hydrogen-bond acceptors (Lipinski definition) is 10. The van der Waals surface area contributed by atoms with Crippen LogP contribution in [0.4, 0.5) is 0 Å². The lowest BCUT2D eigenvalue weighted by molar-refractivity contribution is -0.305. The highest BCUT2D eigenvalue weighted by Gasteiger charge is 2.47. The molecule has 1 amide bonds. The van der Waals surface area contributed by atoms with Crippen LogP contribution in [-0.4, -0.2) is 99.6 Å². The second kappa shape index (κ2) is 47.4. The van der Waals surface area contributed by atoms with Crippen LogP contribution >= 0.6 is 0 Å². The van der Waals surface area contributed by atoms with Crippen molar-refractivity contribution in [3.05, 3.63) is 12.2 Å². The average Bonchev–Trinajstić information content (AvgIpc) is 3.34. The highest BCUT2D eigenvalue weighted by molar-refractivity contribution is 5.80. The zero-order chi connectivity index (χ0) is 50.4. The van der Waals surface area contributed by atoms with Gasteiger partial charge in [0.25, 0.3) is 0 Å². The van der Waals surface area contributed by atoms with Crippen molar-refractivity contribution in [2.45, 2.75) is 333 Å². The largest absolute Gasteiger partial charge is 0.454 e. The van der Waals surface area contributed by atoms with Crippen LogP contribution in [-0.2, 0) is 23.8 Å². The molecule has 0 aromatic rings. The van der Waals surface area contributed by atoms with E-state index < -0.39 is 67.4 Å². The first kappa shape index (κ1) is 65.4. The lowest BCUT2D eigenvalue weighted by Crippen LogP contribution is -2.61. The lowest BCUT2D eigenvalue weighted by Gasteiger charge is -2.41. The van der Waals surface area contributed by atoms with E-state index in [-0.39, 0.29) is 13.0 Å². The topological polar surface area (TPSA) is 175 Å². The maximum Gasteiger partial charge on any atom is 0.306 e. The summed E-state index contributed by atoms with van der Waals surface area (Å²) in [5.41, 5.74) is 0. The van der Waals surface area contributed by atoms with Gasteiger partial charge in [-0.15, -0.1) is 0 Å². The molecule has 0 aliphatic carbocycles. The Morgan fingerprint density at radius 3 is 1.36 bits per heavy atom. The summed E-state index contributed by atoms with van der Waals surface area (Å²) < 4.78 is 17.6. The summed E-state index contributed by atoms with van der Waals surface area (Å²) in [5.74, 6) is -1.18. The molecule has 1 rings (SSSR count). The maximum absolute atomic E-state index is 13.4. The number of ether oxygens (including phenoxy) is 3. The van der Waals surface area contributed by atoms with Gasteiger partial charge in [-0.05, 0) is 25.7 Å². The second-order valence-corrected chi connectivity index (χ2v) is 20.7. The fraction of sp³-hybridized carbons (Fsp3) is 0.931. The Morgan fingerprint density at radius 2 is 0.942 bits per heavy atom. The van der Waals surface area contributed by atoms with Crippen LogP contribution in [0, 0.1) is 0 Å². The molecule has 11 nitrogen and oxygen atoms in total. The van der Waals surface area contributed by atoms with Crippen molar-refractivity contribution in [1.82, 2.24) is 5.32 Å². The normalized spacial score (nSPS) is 19.8. The number of nitrogens with one attached hydrogen (secondary N) is 1. The van der Waals surface area contributed by atoms with Crippen LogP contribution in [0.25, 0.3) is 0 Å². The third-order valence-electron chi connectivity index (χ3n) is 14.2. The first-order valence-electron chi connectivity index (χ1n) is 29.5. The van der Waals surface area contributed by atoms with E-state index in [1.165, 1.54) is 180 Å². The summed E-state index contributed by atoms with van der Waals surface area (Å²) in [7, 11) is 0. The molecule has 8 atom stereocenters. The molecule has 1 heterocycles. The predicted molar refractivity (Wildman–Crippen MR) is 283 cm³/mol. The number of hydrogen-bond donors (Lipinski definition) is 6. The van der Waals surface area contributed by atoms with Gasteiger partial charge >= 0.3 is 5.97 Å². The molecule has 1 aliphatic heterocycles. The molecule has 69 heavy (non-hydrogen) atoms. The van der Waals surface area contributed by atoms with Crippen LogP contribution in [0.3, 0.4) is 0 Å². The Morgan fingerprint density at radius 1 is 0.551 bits per heavy atom. The number of rotatable bonds is 50.